The van der Waals surface area contributed by atoms with Gasteiger partial charge < -0.3 is 31.8 Å². The van der Waals surface area contributed by atoms with Crippen molar-refractivity contribution in [3.63, 3.8) is 0 Å². The lowest BCUT2D eigenvalue weighted by Gasteiger charge is -2.26. The number of carboxylic acids is 1. The zero-order valence-corrected chi connectivity index (χ0v) is 20.9. The SMILES string of the molecule is CC(C)CC(NC(=O)C(Cc1c[nH]c2ccccc12)NC(=O)C(N)C(C)C)C(=O)NC(C)C(=O)O. The Bertz CT molecular complexity index is 1050. The fraction of sp³-hybridized carbons (Fsp3) is 0.520. The van der Waals surface area contributed by atoms with Gasteiger partial charge in [-0.3, -0.25) is 19.2 Å². The van der Waals surface area contributed by atoms with Gasteiger partial charge in [-0.15, -0.1) is 0 Å². The molecular weight excluding hydrogens is 450 g/mol. The molecule has 0 aliphatic rings. The third kappa shape index (κ3) is 7.81. The molecule has 0 aliphatic heterocycles. The number of hydrogen-bond acceptors (Lipinski definition) is 5. The molecule has 7 N–H and O–H groups in total. The number of carboxylic acid groups (broad SMARTS) is 1. The largest absolute Gasteiger partial charge is 0.480 e. The third-order valence-electron chi connectivity index (χ3n) is 5.82. The summed E-state index contributed by atoms with van der Waals surface area (Å²) in [6.45, 7) is 8.75. The summed E-state index contributed by atoms with van der Waals surface area (Å²) in [6.07, 6.45) is 2.25. The van der Waals surface area contributed by atoms with Crippen LogP contribution in [-0.4, -0.2) is 57.9 Å². The standard InChI is InChI=1S/C25H37N5O5/c1-13(2)10-19(22(31)28-15(5)25(34)35)29-23(32)20(30-24(33)21(26)14(3)4)11-16-12-27-18-9-7-6-8-17(16)18/h6-9,12-15,19-21,27H,10-11,26H2,1-5H3,(H,28,31)(H,29,32)(H,30,33)(H,34,35). The van der Waals surface area contributed by atoms with Gasteiger partial charge in [0.05, 0.1) is 6.04 Å². The van der Waals surface area contributed by atoms with E-state index in [0.29, 0.717) is 6.42 Å². The molecule has 0 bridgehead atoms. The Balaban J connectivity index is 2.29. The van der Waals surface area contributed by atoms with Crippen molar-refractivity contribution in [1.82, 2.24) is 20.9 Å². The number of carbonyl (C=O) groups is 4. The molecule has 2 rings (SSSR count). The lowest BCUT2D eigenvalue weighted by Crippen LogP contribution is -2.58. The first-order valence-electron chi connectivity index (χ1n) is 11.8. The Hall–Kier alpha value is -3.40. The van der Waals surface area contributed by atoms with Crippen LogP contribution in [0.1, 0.15) is 46.6 Å². The third-order valence-corrected chi connectivity index (χ3v) is 5.82. The maximum absolute atomic E-state index is 13.4. The predicted molar refractivity (Wildman–Crippen MR) is 133 cm³/mol. The van der Waals surface area contributed by atoms with Crippen LogP contribution in [0.5, 0.6) is 0 Å². The van der Waals surface area contributed by atoms with Gasteiger partial charge in [0.15, 0.2) is 0 Å². The molecule has 10 nitrogen and oxygen atoms in total. The van der Waals surface area contributed by atoms with Crippen LogP contribution < -0.4 is 21.7 Å². The van der Waals surface area contributed by atoms with E-state index in [1.165, 1.54) is 6.92 Å². The topological polar surface area (TPSA) is 166 Å². The molecule has 0 radical (unpaired) electrons. The van der Waals surface area contributed by atoms with Crippen LogP contribution in [0.3, 0.4) is 0 Å². The molecule has 0 aliphatic carbocycles. The summed E-state index contributed by atoms with van der Waals surface area (Å²) < 4.78 is 0. The number of para-hydroxylation sites is 1. The highest BCUT2D eigenvalue weighted by molar-refractivity contribution is 5.94. The summed E-state index contributed by atoms with van der Waals surface area (Å²) in [5.41, 5.74) is 7.72. The normalized spacial score (nSPS) is 14.9. The van der Waals surface area contributed by atoms with Gasteiger partial charge >= 0.3 is 5.97 Å². The van der Waals surface area contributed by atoms with Crippen molar-refractivity contribution < 1.29 is 24.3 Å². The number of amides is 3. The lowest BCUT2D eigenvalue weighted by molar-refractivity contribution is -0.142. The van der Waals surface area contributed by atoms with Crippen LogP contribution in [-0.2, 0) is 25.6 Å². The molecule has 1 heterocycles. The minimum absolute atomic E-state index is 0.0437. The first-order chi connectivity index (χ1) is 16.4. The van der Waals surface area contributed by atoms with E-state index in [9.17, 15) is 19.2 Å². The van der Waals surface area contributed by atoms with E-state index in [1.807, 2.05) is 52.0 Å². The number of carbonyl (C=O) groups excluding carboxylic acids is 3. The summed E-state index contributed by atoms with van der Waals surface area (Å²) in [5, 5.41) is 17.9. The number of nitrogens with two attached hydrogens (primary N) is 1. The Kier molecular flexibility index (Phi) is 9.82. The minimum Gasteiger partial charge on any atom is -0.480 e. The van der Waals surface area contributed by atoms with Gasteiger partial charge in [-0.25, -0.2) is 0 Å². The Morgan fingerprint density at radius 1 is 0.914 bits per heavy atom. The molecule has 192 valence electrons. The molecular formula is C25H37N5O5. The second-order valence-corrected chi connectivity index (χ2v) is 9.65. The van der Waals surface area contributed by atoms with Crippen LogP contribution in [0.4, 0.5) is 0 Å². The smallest absolute Gasteiger partial charge is 0.325 e. The predicted octanol–water partition coefficient (Wildman–Crippen LogP) is 1.30. The Labute approximate surface area is 205 Å². The first-order valence-corrected chi connectivity index (χ1v) is 11.8. The zero-order valence-electron chi connectivity index (χ0n) is 20.9. The van der Waals surface area contributed by atoms with E-state index in [0.717, 1.165) is 16.5 Å². The fourth-order valence-electron chi connectivity index (χ4n) is 3.65. The highest BCUT2D eigenvalue weighted by Gasteiger charge is 2.31. The molecule has 4 atom stereocenters. The zero-order chi connectivity index (χ0) is 26.3. The molecule has 0 fully saturated rings. The van der Waals surface area contributed by atoms with E-state index >= 15 is 0 Å². The van der Waals surface area contributed by atoms with Gasteiger partial charge in [0.1, 0.15) is 18.1 Å². The molecule has 0 saturated heterocycles. The molecule has 35 heavy (non-hydrogen) atoms. The minimum atomic E-state index is -1.18. The fourth-order valence-corrected chi connectivity index (χ4v) is 3.65. The number of nitrogens with one attached hydrogen (secondary N) is 4. The first kappa shape index (κ1) is 27.8. The Morgan fingerprint density at radius 3 is 2.11 bits per heavy atom. The Morgan fingerprint density at radius 2 is 1.51 bits per heavy atom. The number of H-pyrrole nitrogens is 1. The van der Waals surface area contributed by atoms with Crippen LogP contribution in [0, 0.1) is 11.8 Å². The van der Waals surface area contributed by atoms with Gasteiger partial charge in [-0.2, -0.15) is 0 Å². The monoisotopic (exact) mass is 487 g/mol. The molecule has 1 aromatic heterocycles. The number of aromatic nitrogens is 1. The second kappa shape index (κ2) is 12.3. The van der Waals surface area contributed by atoms with E-state index in [-0.39, 0.29) is 18.3 Å². The van der Waals surface area contributed by atoms with Gasteiger partial charge in [0.25, 0.3) is 0 Å². The number of fused-ring (bicyclic) bond motifs is 1. The van der Waals surface area contributed by atoms with Crippen molar-refractivity contribution in [2.45, 2.75) is 71.6 Å². The molecule has 0 spiro atoms. The number of rotatable bonds is 12. The molecule has 3 amide bonds. The van der Waals surface area contributed by atoms with E-state index in [2.05, 4.69) is 20.9 Å². The highest BCUT2D eigenvalue weighted by atomic mass is 16.4. The van der Waals surface area contributed by atoms with Crippen LogP contribution in [0.25, 0.3) is 10.9 Å². The second-order valence-electron chi connectivity index (χ2n) is 9.65. The van der Waals surface area contributed by atoms with Gasteiger partial charge in [-0.05, 0) is 36.8 Å². The maximum Gasteiger partial charge on any atom is 0.325 e. The summed E-state index contributed by atoms with van der Waals surface area (Å²) in [5.74, 6) is -2.89. The van der Waals surface area contributed by atoms with Crippen LogP contribution in [0.2, 0.25) is 0 Å². The lowest BCUT2D eigenvalue weighted by atomic mass is 9.99. The summed E-state index contributed by atoms with van der Waals surface area (Å²) >= 11 is 0. The number of benzene rings is 1. The summed E-state index contributed by atoms with van der Waals surface area (Å²) in [7, 11) is 0. The van der Waals surface area contributed by atoms with Crippen molar-refractivity contribution >= 4 is 34.6 Å². The molecule has 4 unspecified atom stereocenters. The highest BCUT2D eigenvalue weighted by Crippen LogP contribution is 2.19. The molecule has 0 saturated carbocycles. The summed E-state index contributed by atoms with van der Waals surface area (Å²) in [4.78, 5) is 53.2. The van der Waals surface area contributed by atoms with Gasteiger partial charge in [0, 0.05) is 23.5 Å². The van der Waals surface area contributed by atoms with Crippen LogP contribution >= 0.6 is 0 Å². The average Bonchev–Trinajstić information content (AvgIpc) is 3.19. The quantitative estimate of drug-likeness (QED) is 0.264. The van der Waals surface area contributed by atoms with Crippen molar-refractivity contribution in [2.75, 3.05) is 0 Å². The molecule has 2 aromatic rings. The van der Waals surface area contributed by atoms with Crippen molar-refractivity contribution in [3.05, 3.63) is 36.0 Å². The molecule has 10 heteroatoms. The van der Waals surface area contributed by atoms with Gasteiger partial charge in [-0.1, -0.05) is 45.9 Å². The number of hydrogen-bond donors (Lipinski definition) is 6. The van der Waals surface area contributed by atoms with E-state index < -0.39 is 47.9 Å². The van der Waals surface area contributed by atoms with Crippen molar-refractivity contribution in [1.29, 1.82) is 0 Å². The van der Waals surface area contributed by atoms with Gasteiger partial charge in [0.2, 0.25) is 17.7 Å². The van der Waals surface area contributed by atoms with E-state index in [1.54, 1.807) is 6.20 Å². The maximum atomic E-state index is 13.4. The van der Waals surface area contributed by atoms with E-state index in [4.69, 9.17) is 10.8 Å². The number of aromatic amines is 1. The summed E-state index contributed by atoms with van der Waals surface area (Å²) in [6, 6.07) is 3.72. The number of aliphatic carboxylic acids is 1. The molecule has 1 aromatic carbocycles. The van der Waals surface area contributed by atoms with Crippen LogP contribution in [0.15, 0.2) is 30.5 Å². The van der Waals surface area contributed by atoms with Crippen molar-refractivity contribution in [3.8, 4) is 0 Å². The van der Waals surface area contributed by atoms with Crippen molar-refractivity contribution in [2.24, 2.45) is 17.6 Å². The average molecular weight is 488 g/mol.